The van der Waals surface area contributed by atoms with E-state index in [0.29, 0.717) is 37.1 Å². The molecule has 1 fully saturated rings. The smallest absolute Gasteiger partial charge is 0.411 e. The lowest BCUT2D eigenvalue weighted by Gasteiger charge is -2.30. The second-order valence-corrected chi connectivity index (χ2v) is 9.23. The van der Waals surface area contributed by atoms with Crippen LogP contribution >= 0.6 is 0 Å². The fraction of sp³-hybridized carbons (Fsp3) is 0.682. The number of aromatic nitrogens is 3. The first kappa shape index (κ1) is 24.0. The molecule has 0 saturated carbocycles. The molecule has 0 spiro atoms. The summed E-state index contributed by atoms with van der Waals surface area (Å²) >= 11 is 0. The van der Waals surface area contributed by atoms with Crippen molar-refractivity contribution in [2.75, 3.05) is 17.2 Å². The van der Waals surface area contributed by atoms with Crippen molar-refractivity contribution in [2.45, 2.75) is 91.3 Å². The van der Waals surface area contributed by atoms with Crippen LogP contribution in [0.25, 0.3) is 11.2 Å². The maximum atomic E-state index is 15.7. The van der Waals surface area contributed by atoms with Crippen molar-refractivity contribution in [3.05, 3.63) is 12.1 Å². The number of fused-ring (bicyclic) bond motifs is 1. The van der Waals surface area contributed by atoms with Crippen molar-refractivity contribution in [3.8, 4) is 0 Å². The quantitative estimate of drug-likeness (QED) is 0.587. The van der Waals surface area contributed by atoms with Crippen molar-refractivity contribution >= 4 is 28.8 Å². The third-order valence-electron chi connectivity index (χ3n) is 5.57. The normalized spacial score (nSPS) is 18.6. The Kier molecular flexibility index (Phi) is 7.12. The van der Waals surface area contributed by atoms with Crippen LogP contribution in [-0.4, -0.2) is 61.1 Å². The summed E-state index contributed by atoms with van der Waals surface area (Å²) in [6, 6.07) is -0.356. The third-order valence-corrected chi connectivity index (χ3v) is 5.57. The number of aryl methyl sites for hydroxylation is 1. The Morgan fingerprint density at radius 3 is 2.72 bits per heavy atom. The van der Waals surface area contributed by atoms with E-state index in [9.17, 15) is 9.90 Å². The van der Waals surface area contributed by atoms with Crippen LogP contribution in [0.1, 0.15) is 60.8 Å². The average Bonchev–Trinajstić information content (AvgIpc) is 3.33. The summed E-state index contributed by atoms with van der Waals surface area (Å²) in [5.74, 6) is -0.543. The van der Waals surface area contributed by atoms with E-state index in [0.717, 1.165) is 6.42 Å². The molecule has 2 aromatic rings. The lowest BCUT2D eigenvalue weighted by molar-refractivity contribution is 0.0244. The molecule has 1 saturated heterocycles. The van der Waals surface area contributed by atoms with Crippen LogP contribution in [0, 0.1) is 5.82 Å². The molecule has 1 unspecified atom stereocenters. The number of carbonyl (C=O) groups excluding carboxylic acids is 1. The molecular weight excluding hydrogens is 415 g/mol. The number of ether oxygens (including phenoxy) is 1. The van der Waals surface area contributed by atoms with Gasteiger partial charge in [-0.05, 0) is 53.9 Å². The van der Waals surface area contributed by atoms with Crippen LogP contribution in [0.3, 0.4) is 0 Å². The van der Waals surface area contributed by atoms with Crippen LogP contribution in [0.15, 0.2) is 6.33 Å². The Morgan fingerprint density at radius 2 is 2.12 bits per heavy atom. The predicted octanol–water partition coefficient (Wildman–Crippen LogP) is 3.93. The number of hydrogen-bond donors (Lipinski definition) is 3. The fourth-order valence-electron chi connectivity index (χ4n) is 3.87. The number of pyridine rings is 1. The van der Waals surface area contributed by atoms with E-state index >= 15 is 4.39 Å². The van der Waals surface area contributed by atoms with Gasteiger partial charge < -0.3 is 25.0 Å². The number of rotatable bonds is 7. The van der Waals surface area contributed by atoms with E-state index in [4.69, 9.17) is 4.74 Å². The van der Waals surface area contributed by atoms with E-state index in [1.165, 1.54) is 0 Å². The van der Waals surface area contributed by atoms with Crippen LogP contribution < -0.4 is 10.6 Å². The monoisotopic (exact) mass is 450 g/mol. The van der Waals surface area contributed by atoms with Gasteiger partial charge in [0.15, 0.2) is 17.3 Å². The molecular formula is C22H35FN6O3. The van der Waals surface area contributed by atoms with Crippen LogP contribution in [-0.2, 0) is 11.3 Å². The highest BCUT2D eigenvalue weighted by Crippen LogP contribution is 2.32. The third kappa shape index (κ3) is 5.06. The number of nitrogens with one attached hydrogen (secondary N) is 2. The maximum Gasteiger partial charge on any atom is 0.411 e. The Balaban J connectivity index is 1.98. The predicted molar refractivity (Wildman–Crippen MR) is 122 cm³/mol. The molecule has 3 rings (SSSR count). The number of hydrogen-bond acceptors (Lipinski definition) is 7. The van der Waals surface area contributed by atoms with Gasteiger partial charge in [-0.1, -0.05) is 6.92 Å². The highest BCUT2D eigenvalue weighted by Gasteiger charge is 2.34. The number of imidazole rings is 1. The lowest BCUT2D eigenvalue weighted by Crippen LogP contribution is -2.43. The van der Waals surface area contributed by atoms with Gasteiger partial charge in [0.2, 0.25) is 0 Å². The first-order chi connectivity index (χ1) is 15.1. The van der Waals surface area contributed by atoms with Gasteiger partial charge in [0.1, 0.15) is 23.0 Å². The standard InChI is InChI=1S/C22H35FN6O3/c1-7-14(13(3)30)25-19-16(23)17(18-20(27-19)28(8-2)12-24-18)26-15-10-9-11-29(15)21(31)32-22(4,5)6/h12-15,30H,7-11H2,1-6H3,(H2,25,26,27)/t13-,14-,15?/m0/s1. The number of carbonyl (C=O) groups is 1. The molecule has 0 bridgehead atoms. The number of likely N-dealkylation sites (tertiary alicyclic amines) is 1. The van der Waals surface area contributed by atoms with Gasteiger partial charge in [-0.3, -0.25) is 4.90 Å². The summed E-state index contributed by atoms with van der Waals surface area (Å²) < 4.78 is 23.0. The second-order valence-electron chi connectivity index (χ2n) is 9.23. The molecule has 3 atom stereocenters. The molecule has 1 aliphatic rings. The minimum atomic E-state index is -0.679. The van der Waals surface area contributed by atoms with E-state index in [-0.39, 0.29) is 17.5 Å². The molecule has 2 aromatic heterocycles. The van der Waals surface area contributed by atoms with Crippen LogP contribution in [0.4, 0.5) is 20.7 Å². The van der Waals surface area contributed by atoms with Gasteiger partial charge in [0.05, 0.1) is 18.5 Å². The van der Waals surface area contributed by atoms with Crippen molar-refractivity contribution in [1.29, 1.82) is 0 Å². The van der Waals surface area contributed by atoms with Gasteiger partial charge in [-0.2, -0.15) is 0 Å². The minimum absolute atomic E-state index is 0.0461. The van der Waals surface area contributed by atoms with E-state index in [1.54, 1.807) is 18.2 Å². The molecule has 3 heterocycles. The number of anilines is 2. The molecule has 0 aliphatic carbocycles. The van der Waals surface area contributed by atoms with E-state index < -0.39 is 29.8 Å². The Bertz CT molecular complexity index is 955. The fourth-order valence-corrected chi connectivity index (χ4v) is 3.87. The van der Waals surface area contributed by atoms with Gasteiger partial charge >= 0.3 is 6.09 Å². The summed E-state index contributed by atoms with van der Waals surface area (Å²) in [6.45, 7) is 12.1. The van der Waals surface area contributed by atoms with Crippen molar-refractivity contribution in [1.82, 2.24) is 19.4 Å². The van der Waals surface area contributed by atoms with Crippen molar-refractivity contribution in [2.24, 2.45) is 0 Å². The van der Waals surface area contributed by atoms with Crippen LogP contribution in [0.2, 0.25) is 0 Å². The SMILES string of the molecule is CC[C@H](Nc1nc2c(ncn2CC)c(NC2CCCN2C(=O)OC(C)(C)C)c1F)[C@H](C)O. The summed E-state index contributed by atoms with van der Waals surface area (Å²) in [5, 5.41) is 16.3. The molecule has 10 heteroatoms. The number of nitrogens with zero attached hydrogens (tertiary/aromatic N) is 4. The van der Waals surface area contributed by atoms with Crippen LogP contribution in [0.5, 0.6) is 0 Å². The molecule has 0 radical (unpaired) electrons. The topological polar surface area (TPSA) is 105 Å². The van der Waals surface area contributed by atoms with Gasteiger partial charge in [0.25, 0.3) is 0 Å². The highest BCUT2D eigenvalue weighted by atomic mass is 19.1. The summed E-state index contributed by atoms with van der Waals surface area (Å²) in [6.07, 6.45) is 2.12. The molecule has 9 nitrogen and oxygen atoms in total. The average molecular weight is 451 g/mol. The van der Waals surface area contributed by atoms with E-state index in [1.807, 2.05) is 39.2 Å². The number of halogens is 1. The molecule has 1 aliphatic heterocycles. The summed E-state index contributed by atoms with van der Waals surface area (Å²) in [5.41, 5.74) is 0.495. The van der Waals surface area contributed by atoms with Crippen molar-refractivity contribution < 1.29 is 19.0 Å². The zero-order chi connectivity index (χ0) is 23.6. The Hall–Kier alpha value is -2.62. The largest absolute Gasteiger partial charge is 0.444 e. The van der Waals surface area contributed by atoms with E-state index in [2.05, 4.69) is 20.6 Å². The number of amides is 1. The van der Waals surface area contributed by atoms with Gasteiger partial charge in [0, 0.05) is 13.1 Å². The maximum absolute atomic E-state index is 15.7. The Morgan fingerprint density at radius 1 is 1.41 bits per heavy atom. The molecule has 178 valence electrons. The highest BCUT2D eigenvalue weighted by molar-refractivity contribution is 5.89. The molecule has 1 amide bonds. The zero-order valence-corrected chi connectivity index (χ0v) is 19.8. The van der Waals surface area contributed by atoms with Crippen molar-refractivity contribution in [3.63, 3.8) is 0 Å². The summed E-state index contributed by atoms with van der Waals surface area (Å²) in [4.78, 5) is 23.1. The Labute approximate surface area is 188 Å². The molecule has 3 N–H and O–H groups in total. The number of aliphatic hydroxyl groups is 1. The molecule has 0 aromatic carbocycles. The minimum Gasteiger partial charge on any atom is -0.444 e. The molecule has 32 heavy (non-hydrogen) atoms. The lowest BCUT2D eigenvalue weighted by atomic mass is 10.1. The van der Waals surface area contributed by atoms with Gasteiger partial charge in [-0.25, -0.2) is 19.2 Å². The summed E-state index contributed by atoms with van der Waals surface area (Å²) in [7, 11) is 0. The number of aliphatic hydroxyl groups excluding tert-OH is 1. The zero-order valence-electron chi connectivity index (χ0n) is 19.8. The van der Waals surface area contributed by atoms with Gasteiger partial charge in [-0.15, -0.1) is 0 Å². The second kappa shape index (κ2) is 9.48. The first-order valence-electron chi connectivity index (χ1n) is 11.3. The first-order valence-corrected chi connectivity index (χ1v) is 11.3.